The number of aromatic amines is 1. The highest BCUT2D eigenvalue weighted by atomic mass is 15.1. The molecule has 2 N–H and O–H groups in total. The van der Waals surface area contributed by atoms with Crippen LogP contribution in [0.1, 0.15) is 31.4 Å². The zero-order valence-corrected chi connectivity index (χ0v) is 9.08. The molecule has 2 fully saturated rings. The maximum atomic E-state index is 3.95. The zero-order chi connectivity index (χ0) is 10.1. The second kappa shape index (κ2) is 3.97. The van der Waals surface area contributed by atoms with Gasteiger partial charge in [-0.2, -0.15) is 5.10 Å². The Morgan fingerprint density at radius 1 is 1.40 bits per heavy atom. The molecule has 0 spiro atoms. The summed E-state index contributed by atoms with van der Waals surface area (Å²) in [4.78, 5) is 0. The highest BCUT2D eigenvalue weighted by Crippen LogP contribution is 2.47. The van der Waals surface area contributed by atoms with Crippen LogP contribution < -0.4 is 5.32 Å². The standard InChI is InChI=1S/C12H19N3/c1-2-10-5-9(1)6-11(10)7-13-8-12-3-4-14-15-12/h3-4,9-11,13H,1-2,5-8H2,(H,14,15). The van der Waals surface area contributed by atoms with Gasteiger partial charge >= 0.3 is 0 Å². The molecule has 82 valence electrons. The summed E-state index contributed by atoms with van der Waals surface area (Å²) in [7, 11) is 0. The first-order valence-electron chi connectivity index (χ1n) is 6.11. The van der Waals surface area contributed by atoms with Crippen molar-refractivity contribution in [1.29, 1.82) is 0 Å². The maximum absolute atomic E-state index is 3.95. The summed E-state index contributed by atoms with van der Waals surface area (Å²) in [6, 6.07) is 2.04. The Bertz CT molecular complexity index is 307. The minimum absolute atomic E-state index is 0.938. The van der Waals surface area contributed by atoms with Crippen molar-refractivity contribution in [2.75, 3.05) is 6.54 Å². The SMILES string of the molecule is c1cc(CNCC2CC3CCC2C3)[nH]n1. The second-order valence-corrected chi connectivity index (χ2v) is 5.15. The Morgan fingerprint density at radius 3 is 3.07 bits per heavy atom. The first kappa shape index (κ1) is 9.40. The molecule has 2 aliphatic carbocycles. The quantitative estimate of drug-likeness (QED) is 0.788. The van der Waals surface area contributed by atoms with Crippen LogP contribution in [-0.2, 0) is 6.54 Å². The van der Waals surface area contributed by atoms with E-state index in [2.05, 4.69) is 15.5 Å². The van der Waals surface area contributed by atoms with Crippen LogP contribution in [0.4, 0.5) is 0 Å². The van der Waals surface area contributed by atoms with E-state index >= 15 is 0 Å². The van der Waals surface area contributed by atoms with Gasteiger partial charge in [0.25, 0.3) is 0 Å². The molecule has 0 radical (unpaired) electrons. The average Bonchev–Trinajstić information content (AvgIpc) is 2.93. The number of H-pyrrole nitrogens is 1. The van der Waals surface area contributed by atoms with E-state index in [-0.39, 0.29) is 0 Å². The average molecular weight is 205 g/mol. The smallest absolute Gasteiger partial charge is 0.0490 e. The van der Waals surface area contributed by atoms with Crippen molar-refractivity contribution < 1.29 is 0 Å². The zero-order valence-electron chi connectivity index (χ0n) is 9.08. The molecule has 0 amide bonds. The van der Waals surface area contributed by atoms with Crippen LogP contribution in [0, 0.1) is 17.8 Å². The first-order valence-corrected chi connectivity index (χ1v) is 6.11. The van der Waals surface area contributed by atoms with Gasteiger partial charge in [0.2, 0.25) is 0 Å². The van der Waals surface area contributed by atoms with Gasteiger partial charge in [-0.3, -0.25) is 5.10 Å². The third-order valence-electron chi connectivity index (χ3n) is 4.16. The van der Waals surface area contributed by atoms with Crippen LogP contribution in [0.15, 0.2) is 12.3 Å². The van der Waals surface area contributed by atoms with E-state index in [9.17, 15) is 0 Å². The van der Waals surface area contributed by atoms with Crippen LogP contribution in [-0.4, -0.2) is 16.7 Å². The van der Waals surface area contributed by atoms with E-state index in [1.54, 1.807) is 0 Å². The monoisotopic (exact) mass is 205 g/mol. The van der Waals surface area contributed by atoms with Crippen molar-refractivity contribution in [1.82, 2.24) is 15.5 Å². The van der Waals surface area contributed by atoms with Crippen molar-refractivity contribution in [2.45, 2.75) is 32.2 Å². The summed E-state index contributed by atoms with van der Waals surface area (Å²) in [6.45, 7) is 2.13. The van der Waals surface area contributed by atoms with Crippen molar-refractivity contribution in [2.24, 2.45) is 17.8 Å². The summed E-state index contributed by atoms with van der Waals surface area (Å²) >= 11 is 0. The lowest BCUT2D eigenvalue weighted by Crippen LogP contribution is -2.26. The third kappa shape index (κ3) is 1.93. The number of hydrogen-bond donors (Lipinski definition) is 2. The topological polar surface area (TPSA) is 40.7 Å². The lowest BCUT2D eigenvalue weighted by atomic mass is 9.89. The van der Waals surface area contributed by atoms with Gasteiger partial charge in [-0.05, 0) is 49.6 Å². The fourth-order valence-electron chi connectivity index (χ4n) is 3.40. The molecule has 2 saturated carbocycles. The van der Waals surface area contributed by atoms with Crippen LogP contribution in [0.25, 0.3) is 0 Å². The largest absolute Gasteiger partial charge is 0.311 e. The molecular formula is C12H19N3. The van der Waals surface area contributed by atoms with Crippen LogP contribution in [0.2, 0.25) is 0 Å². The van der Waals surface area contributed by atoms with Gasteiger partial charge in [0.15, 0.2) is 0 Å². The maximum Gasteiger partial charge on any atom is 0.0490 e. The molecule has 15 heavy (non-hydrogen) atoms. The normalized spacial score (nSPS) is 33.7. The molecule has 3 heteroatoms. The van der Waals surface area contributed by atoms with Crippen molar-refractivity contribution in [3.05, 3.63) is 18.0 Å². The van der Waals surface area contributed by atoms with E-state index < -0.39 is 0 Å². The van der Waals surface area contributed by atoms with Gasteiger partial charge in [-0.1, -0.05) is 6.42 Å². The number of nitrogens with one attached hydrogen (secondary N) is 2. The number of fused-ring (bicyclic) bond motifs is 2. The van der Waals surface area contributed by atoms with Crippen LogP contribution in [0.5, 0.6) is 0 Å². The fraction of sp³-hybridized carbons (Fsp3) is 0.750. The predicted octanol–water partition coefficient (Wildman–Crippen LogP) is 1.94. The number of aromatic nitrogens is 2. The van der Waals surface area contributed by atoms with Gasteiger partial charge < -0.3 is 5.32 Å². The number of nitrogens with zero attached hydrogens (tertiary/aromatic N) is 1. The molecule has 1 aromatic rings. The molecule has 2 bridgehead atoms. The molecular weight excluding hydrogens is 186 g/mol. The summed E-state index contributed by atoms with van der Waals surface area (Å²) < 4.78 is 0. The Labute approximate surface area is 90.7 Å². The summed E-state index contributed by atoms with van der Waals surface area (Å²) in [5.41, 5.74) is 1.19. The van der Waals surface area contributed by atoms with Crippen molar-refractivity contribution in [3.63, 3.8) is 0 Å². The number of hydrogen-bond acceptors (Lipinski definition) is 2. The lowest BCUT2D eigenvalue weighted by Gasteiger charge is -2.21. The molecule has 0 aromatic carbocycles. The number of rotatable bonds is 4. The molecule has 3 rings (SSSR count). The van der Waals surface area contributed by atoms with E-state index in [4.69, 9.17) is 0 Å². The Kier molecular flexibility index (Phi) is 2.49. The molecule has 1 aromatic heterocycles. The Hall–Kier alpha value is -0.830. The second-order valence-electron chi connectivity index (χ2n) is 5.15. The lowest BCUT2D eigenvalue weighted by molar-refractivity contribution is 0.318. The van der Waals surface area contributed by atoms with E-state index in [0.717, 1.165) is 24.3 Å². The van der Waals surface area contributed by atoms with Gasteiger partial charge in [0.05, 0.1) is 0 Å². The van der Waals surface area contributed by atoms with Gasteiger partial charge in [-0.15, -0.1) is 0 Å². The van der Waals surface area contributed by atoms with Gasteiger partial charge in [-0.25, -0.2) is 0 Å². The molecule has 2 aliphatic rings. The van der Waals surface area contributed by atoms with E-state index in [1.165, 1.54) is 37.9 Å². The molecule has 3 nitrogen and oxygen atoms in total. The fourth-order valence-corrected chi connectivity index (χ4v) is 3.40. The highest BCUT2D eigenvalue weighted by Gasteiger charge is 2.38. The minimum Gasteiger partial charge on any atom is -0.311 e. The van der Waals surface area contributed by atoms with Crippen LogP contribution >= 0.6 is 0 Å². The first-order chi connectivity index (χ1) is 7.42. The van der Waals surface area contributed by atoms with Crippen molar-refractivity contribution in [3.8, 4) is 0 Å². The third-order valence-corrected chi connectivity index (χ3v) is 4.16. The minimum atomic E-state index is 0.938. The summed E-state index contributed by atoms with van der Waals surface area (Å²) in [5.74, 6) is 3.05. The van der Waals surface area contributed by atoms with Gasteiger partial charge in [0.1, 0.15) is 0 Å². The highest BCUT2D eigenvalue weighted by molar-refractivity contribution is 4.97. The van der Waals surface area contributed by atoms with E-state index in [0.29, 0.717) is 0 Å². The molecule has 3 atom stereocenters. The summed E-state index contributed by atoms with van der Waals surface area (Å²) in [5, 5.41) is 10.5. The molecule has 0 saturated heterocycles. The summed E-state index contributed by atoms with van der Waals surface area (Å²) in [6.07, 6.45) is 7.79. The van der Waals surface area contributed by atoms with Crippen molar-refractivity contribution >= 4 is 0 Å². The van der Waals surface area contributed by atoms with Gasteiger partial charge in [0, 0.05) is 18.4 Å². The molecule has 3 unspecified atom stereocenters. The van der Waals surface area contributed by atoms with Crippen LogP contribution in [0.3, 0.4) is 0 Å². The predicted molar refractivity (Wildman–Crippen MR) is 59.2 cm³/mol. The Morgan fingerprint density at radius 2 is 2.40 bits per heavy atom. The molecule has 0 aliphatic heterocycles. The Balaban J connectivity index is 1.43. The molecule has 1 heterocycles. The van der Waals surface area contributed by atoms with E-state index in [1.807, 2.05) is 12.3 Å².